The summed E-state index contributed by atoms with van der Waals surface area (Å²) in [6, 6.07) is 10.6. The Kier molecular flexibility index (Phi) is 5.63. The number of ether oxygens (including phenoxy) is 1. The first-order chi connectivity index (χ1) is 13.8. The molecule has 3 N–H and O–H groups in total. The third-order valence-electron chi connectivity index (χ3n) is 4.62. The van der Waals surface area contributed by atoms with Crippen LogP contribution in [0.5, 0.6) is 0 Å². The van der Waals surface area contributed by atoms with Crippen molar-refractivity contribution in [2.45, 2.75) is 12.6 Å². The van der Waals surface area contributed by atoms with Gasteiger partial charge >= 0.3 is 0 Å². The Morgan fingerprint density at radius 1 is 1.25 bits per heavy atom. The highest BCUT2D eigenvalue weighted by Gasteiger charge is 2.19. The molecule has 144 valence electrons. The molecule has 1 aromatic carbocycles. The van der Waals surface area contributed by atoms with E-state index in [1.54, 1.807) is 4.52 Å². The monoisotopic (exact) mass is 440 g/mol. The zero-order valence-electron chi connectivity index (χ0n) is 15.5. The van der Waals surface area contributed by atoms with Crippen LogP contribution in [0.2, 0.25) is 0 Å². The minimum atomic E-state index is 0.411. The lowest BCUT2D eigenvalue weighted by Crippen LogP contribution is -2.45. The van der Waals surface area contributed by atoms with Gasteiger partial charge in [0.25, 0.3) is 0 Å². The third kappa shape index (κ3) is 3.64. The molecule has 1 fully saturated rings. The average molecular weight is 441 g/mol. The molecule has 0 spiro atoms. The van der Waals surface area contributed by atoms with Crippen LogP contribution in [0.4, 0.5) is 0 Å². The number of halogens is 1. The summed E-state index contributed by atoms with van der Waals surface area (Å²) in [5.74, 6) is 0. The van der Waals surface area contributed by atoms with Crippen molar-refractivity contribution in [1.29, 1.82) is 0 Å². The zero-order valence-corrected chi connectivity index (χ0v) is 17.1. The van der Waals surface area contributed by atoms with Gasteiger partial charge in [0, 0.05) is 35.5 Å². The molecule has 1 aliphatic rings. The molecule has 28 heavy (non-hydrogen) atoms. The molecule has 0 radical (unpaired) electrons. The SMILES string of the molecule is Brc1cn2ncc(-c3cnc4ccccc4c3)c2nc1CNC1COC1.CN. The van der Waals surface area contributed by atoms with E-state index in [9.17, 15) is 0 Å². The van der Waals surface area contributed by atoms with Crippen molar-refractivity contribution < 1.29 is 4.74 Å². The van der Waals surface area contributed by atoms with Gasteiger partial charge in [0.15, 0.2) is 5.65 Å². The molecular formula is C20H21BrN6O. The molecule has 0 saturated carbocycles. The first-order valence-electron chi connectivity index (χ1n) is 9.05. The highest BCUT2D eigenvalue weighted by atomic mass is 79.9. The fraction of sp³-hybridized carbons (Fsp3) is 0.250. The van der Waals surface area contributed by atoms with Gasteiger partial charge in [0.2, 0.25) is 0 Å². The summed E-state index contributed by atoms with van der Waals surface area (Å²) in [4.78, 5) is 9.41. The third-order valence-corrected chi connectivity index (χ3v) is 5.28. The Labute approximate surface area is 171 Å². The van der Waals surface area contributed by atoms with Gasteiger partial charge in [-0.1, -0.05) is 18.2 Å². The number of rotatable bonds is 4. The standard InChI is InChI=1S/C19H16BrN5O.CH5N/c20-16-9-25-19(24-18(16)8-21-14-10-26-11-14)15(7-23-25)13-5-12-3-1-2-4-17(12)22-6-13;1-2/h1-7,9,14,21H,8,10-11H2;2H2,1H3. The van der Waals surface area contributed by atoms with E-state index in [0.717, 1.165) is 51.1 Å². The number of para-hydroxylation sites is 1. The average Bonchev–Trinajstić information content (AvgIpc) is 3.10. The molecule has 0 atom stereocenters. The summed E-state index contributed by atoms with van der Waals surface area (Å²) < 4.78 is 7.94. The molecule has 4 heterocycles. The van der Waals surface area contributed by atoms with Crippen LogP contribution in [-0.2, 0) is 11.3 Å². The van der Waals surface area contributed by atoms with Crippen molar-refractivity contribution in [2.24, 2.45) is 5.73 Å². The van der Waals surface area contributed by atoms with Crippen LogP contribution in [-0.4, -0.2) is 45.9 Å². The highest BCUT2D eigenvalue weighted by molar-refractivity contribution is 9.10. The van der Waals surface area contributed by atoms with Crippen LogP contribution in [0.3, 0.4) is 0 Å². The Hall–Kier alpha value is -2.39. The summed E-state index contributed by atoms with van der Waals surface area (Å²) in [6.07, 6.45) is 5.68. The summed E-state index contributed by atoms with van der Waals surface area (Å²) in [5, 5.41) is 9.02. The Bertz CT molecular complexity index is 1110. The lowest BCUT2D eigenvalue weighted by atomic mass is 10.1. The number of nitrogens with zero attached hydrogens (tertiary/aromatic N) is 4. The normalized spacial score (nSPS) is 14.0. The quantitative estimate of drug-likeness (QED) is 0.506. The van der Waals surface area contributed by atoms with E-state index in [1.165, 1.54) is 7.05 Å². The van der Waals surface area contributed by atoms with E-state index >= 15 is 0 Å². The van der Waals surface area contributed by atoms with Crippen LogP contribution in [0.1, 0.15) is 5.69 Å². The fourth-order valence-electron chi connectivity index (χ4n) is 3.07. The molecule has 4 aromatic rings. The van der Waals surface area contributed by atoms with E-state index in [2.05, 4.69) is 49.2 Å². The van der Waals surface area contributed by atoms with E-state index < -0.39 is 0 Å². The van der Waals surface area contributed by atoms with Crippen molar-refractivity contribution in [1.82, 2.24) is 24.9 Å². The summed E-state index contributed by atoms with van der Waals surface area (Å²) in [7, 11) is 1.50. The Balaban J connectivity index is 0.000000932. The van der Waals surface area contributed by atoms with Gasteiger partial charge < -0.3 is 15.8 Å². The maximum absolute atomic E-state index is 5.21. The number of aromatic nitrogens is 4. The van der Waals surface area contributed by atoms with Gasteiger partial charge in [-0.25, -0.2) is 9.50 Å². The van der Waals surface area contributed by atoms with Crippen LogP contribution >= 0.6 is 15.9 Å². The number of fused-ring (bicyclic) bond motifs is 2. The second-order valence-corrected chi connectivity index (χ2v) is 7.25. The predicted octanol–water partition coefficient (Wildman–Crippen LogP) is 2.77. The fourth-order valence-corrected chi connectivity index (χ4v) is 3.49. The number of hydrogen-bond acceptors (Lipinski definition) is 6. The van der Waals surface area contributed by atoms with Crippen LogP contribution in [0.25, 0.3) is 27.7 Å². The van der Waals surface area contributed by atoms with Crippen LogP contribution in [0, 0.1) is 0 Å². The zero-order chi connectivity index (χ0) is 19.5. The minimum Gasteiger partial charge on any atom is -0.378 e. The molecule has 0 aliphatic carbocycles. The molecule has 1 aliphatic heterocycles. The smallest absolute Gasteiger partial charge is 0.163 e. The van der Waals surface area contributed by atoms with Gasteiger partial charge in [-0.2, -0.15) is 5.10 Å². The first kappa shape index (κ1) is 18.9. The van der Waals surface area contributed by atoms with Gasteiger partial charge in [-0.05, 0) is 35.1 Å². The van der Waals surface area contributed by atoms with Crippen molar-refractivity contribution >= 4 is 32.5 Å². The summed E-state index contributed by atoms with van der Waals surface area (Å²) in [5.41, 5.74) is 9.26. The van der Waals surface area contributed by atoms with E-state index in [-0.39, 0.29) is 0 Å². The number of nitrogens with one attached hydrogen (secondary N) is 1. The molecule has 5 rings (SSSR count). The Morgan fingerprint density at radius 2 is 2.07 bits per heavy atom. The van der Waals surface area contributed by atoms with Crippen molar-refractivity contribution in [2.75, 3.05) is 20.3 Å². The van der Waals surface area contributed by atoms with E-state index in [1.807, 2.05) is 36.8 Å². The first-order valence-corrected chi connectivity index (χ1v) is 9.84. The van der Waals surface area contributed by atoms with Gasteiger partial charge in [0.1, 0.15) is 0 Å². The highest BCUT2D eigenvalue weighted by Crippen LogP contribution is 2.27. The number of pyridine rings is 1. The molecular weight excluding hydrogens is 420 g/mol. The van der Waals surface area contributed by atoms with Crippen LogP contribution in [0.15, 0.2) is 53.4 Å². The van der Waals surface area contributed by atoms with Crippen molar-refractivity contribution in [3.63, 3.8) is 0 Å². The number of benzene rings is 1. The van der Waals surface area contributed by atoms with E-state index in [0.29, 0.717) is 12.6 Å². The van der Waals surface area contributed by atoms with E-state index in [4.69, 9.17) is 9.72 Å². The molecule has 0 unspecified atom stereocenters. The molecule has 1 saturated heterocycles. The topological polar surface area (TPSA) is 90.4 Å². The van der Waals surface area contributed by atoms with Gasteiger partial charge in [0.05, 0.1) is 41.1 Å². The molecule has 7 nitrogen and oxygen atoms in total. The second kappa shape index (κ2) is 8.32. The van der Waals surface area contributed by atoms with Crippen molar-refractivity contribution in [3.05, 3.63) is 59.1 Å². The predicted molar refractivity (Wildman–Crippen MR) is 113 cm³/mol. The van der Waals surface area contributed by atoms with Crippen molar-refractivity contribution in [3.8, 4) is 11.1 Å². The molecule has 8 heteroatoms. The Morgan fingerprint density at radius 3 is 2.86 bits per heavy atom. The second-order valence-electron chi connectivity index (χ2n) is 6.39. The largest absolute Gasteiger partial charge is 0.378 e. The summed E-state index contributed by atoms with van der Waals surface area (Å²) in [6.45, 7) is 2.22. The number of hydrogen-bond donors (Lipinski definition) is 2. The van der Waals surface area contributed by atoms with Gasteiger partial charge in [-0.3, -0.25) is 4.98 Å². The minimum absolute atomic E-state index is 0.411. The maximum atomic E-state index is 5.21. The molecule has 0 bridgehead atoms. The maximum Gasteiger partial charge on any atom is 0.163 e. The summed E-state index contributed by atoms with van der Waals surface area (Å²) >= 11 is 3.60. The number of nitrogens with two attached hydrogens (primary N) is 1. The molecule has 0 amide bonds. The van der Waals surface area contributed by atoms with Gasteiger partial charge in [-0.15, -0.1) is 0 Å². The lowest BCUT2D eigenvalue weighted by Gasteiger charge is -2.26. The molecule has 3 aromatic heterocycles. The lowest BCUT2D eigenvalue weighted by molar-refractivity contribution is -0.00592. The van der Waals surface area contributed by atoms with Crippen LogP contribution < -0.4 is 11.1 Å².